The average Bonchev–Trinajstić information content (AvgIpc) is 3.08. The summed E-state index contributed by atoms with van der Waals surface area (Å²) in [6.07, 6.45) is 0. The number of nitrogens with zero attached hydrogens (tertiary/aromatic N) is 2. The molecule has 0 bridgehead atoms. The van der Waals surface area contributed by atoms with E-state index in [-0.39, 0.29) is 30.8 Å². The molecule has 0 spiro atoms. The average molecular weight is 451 g/mol. The molecule has 8 heteroatoms. The molecule has 2 aliphatic heterocycles. The molecular formula is C22H21Cl2FN2O3. The van der Waals surface area contributed by atoms with Crippen molar-refractivity contribution in [3.8, 4) is 0 Å². The lowest BCUT2D eigenvalue weighted by Gasteiger charge is -2.45. The number of hydrogen-bond donors (Lipinski definition) is 0. The summed E-state index contributed by atoms with van der Waals surface area (Å²) in [5, 5.41) is 4.96. The number of carbonyl (C=O) groups is 1. The number of oxime groups is 1. The number of amides is 1. The van der Waals surface area contributed by atoms with E-state index in [1.807, 2.05) is 13.8 Å². The SMILES string of the molecule is CC(C)C(=O)N1CC(F)(c2ccc(C3=NOC(C)(c4cc(Cl)cc(Cl)c4)O3)cc2)C1. The maximum absolute atomic E-state index is 15.1. The van der Waals surface area contributed by atoms with Crippen molar-refractivity contribution in [2.45, 2.75) is 32.2 Å². The lowest BCUT2D eigenvalue weighted by atomic mass is 9.86. The maximum Gasteiger partial charge on any atom is 0.301 e. The monoisotopic (exact) mass is 450 g/mol. The van der Waals surface area contributed by atoms with Gasteiger partial charge in [-0.3, -0.25) is 4.79 Å². The van der Waals surface area contributed by atoms with Crippen LogP contribution in [0.1, 0.15) is 37.5 Å². The van der Waals surface area contributed by atoms with Crippen LogP contribution >= 0.6 is 23.2 Å². The zero-order chi connectivity index (χ0) is 21.7. The second-order valence-electron chi connectivity index (χ2n) is 8.09. The summed E-state index contributed by atoms with van der Waals surface area (Å²) < 4.78 is 21.1. The second kappa shape index (κ2) is 7.43. The van der Waals surface area contributed by atoms with Crippen LogP contribution in [-0.2, 0) is 25.8 Å². The van der Waals surface area contributed by atoms with Gasteiger partial charge < -0.3 is 14.5 Å². The normalized spacial score (nSPS) is 22.2. The number of alkyl halides is 1. The van der Waals surface area contributed by atoms with Crippen molar-refractivity contribution < 1.29 is 18.8 Å². The fraction of sp³-hybridized carbons (Fsp3) is 0.364. The highest BCUT2D eigenvalue weighted by molar-refractivity contribution is 6.34. The van der Waals surface area contributed by atoms with Gasteiger partial charge in [-0.2, -0.15) is 0 Å². The molecular weight excluding hydrogens is 430 g/mol. The van der Waals surface area contributed by atoms with Crippen molar-refractivity contribution in [2.75, 3.05) is 13.1 Å². The Kier molecular flexibility index (Phi) is 5.19. The van der Waals surface area contributed by atoms with E-state index >= 15 is 4.39 Å². The lowest BCUT2D eigenvalue weighted by molar-refractivity contribution is -0.152. The van der Waals surface area contributed by atoms with Crippen LogP contribution in [0.5, 0.6) is 0 Å². The van der Waals surface area contributed by atoms with Gasteiger partial charge in [-0.1, -0.05) is 49.2 Å². The minimum atomic E-state index is -1.54. The summed E-state index contributed by atoms with van der Waals surface area (Å²) in [7, 11) is 0. The first-order valence-electron chi connectivity index (χ1n) is 9.60. The number of likely N-dealkylation sites (tertiary alicyclic amines) is 1. The summed E-state index contributed by atoms with van der Waals surface area (Å²) in [5.41, 5.74) is 0.253. The zero-order valence-corrected chi connectivity index (χ0v) is 18.3. The Morgan fingerprint density at radius 3 is 2.27 bits per heavy atom. The van der Waals surface area contributed by atoms with Gasteiger partial charge in [-0.05, 0) is 41.1 Å². The molecule has 1 fully saturated rings. The number of carbonyl (C=O) groups excluding carboxylic acids is 1. The maximum atomic E-state index is 15.1. The number of hydrogen-bond acceptors (Lipinski definition) is 4. The Hall–Kier alpha value is -2.31. The summed E-state index contributed by atoms with van der Waals surface area (Å²) in [5.74, 6) is -1.07. The van der Waals surface area contributed by atoms with Crippen LogP contribution in [-0.4, -0.2) is 29.8 Å². The molecule has 2 aromatic rings. The van der Waals surface area contributed by atoms with Gasteiger partial charge in [0.05, 0.1) is 13.1 Å². The quantitative estimate of drug-likeness (QED) is 0.639. The second-order valence-corrected chi connectivity index (χ2v) is 8.96. The fourth-order valence-electron chi connectivity index (χ4n) is 3.56. The molecule has 1 atom stereocenters. The van der Waals surface area contributed by atoms with Crippen molar-refractivity contribution in [1.82, 2.24) is 4.90 Å². The van der Waals surface area contributed by atoms with Crippen LogP contribution in [0.25, 0.3) is 0 Å². The molecule has 1 saturated heterocycles. The van der Waals surface area contributed by atoms with E-state index in [4.69, 9.17) is 32.8 Å². The van der Waals surface area contributed by atoms with E-state index in [9.17, 15) is 4.79 Å². The largest absolute Gasteiger partial charge is 0.426 e. The molecule has 30 heavy (non-hydrogen) atoms. The number of ether oxygens (including phenoxy) is 1. The Bertz CT molecular complexity index is 999. The summed E-state index contributed by atoms with van der Waals surface area (Å²) >= 11 is 12.2. The molecule has 0 aliphatic carbocycles. The zero-order valence-electron chi connectivity index (χ0n) is 16.8. The predicted molar refractivity (Wildman–Crippen MR) is 113 cm³/mol. The first kappa shape index (κ1) is 20.9. The van der Waals surface area contributed by atoms with Crippen LogP contribution in [0.4, 0.5) is 4.39 Å². The summed E-state index contributed by atoms with van der Waals surface area (Å²) in [6, 6.07) is 11.8. The Morgan fingerprint density at radius 2 is 1.70 bits per heavy atom. The van der Waals surface area contributed by atoms with Crippen molar-refractivity contribution in [1.29, 1.82) is 0 Å². The van der Waals surface area contributed by atoms with Crippen LogP contribution in [0.15, 0.2) is 47.6 Å². The molecule has 2 heterocycles. The Labute approximate surface area is 184 Å². The van der Waals surface area contributed by atoms with Crippen molar-refractivity contribution in [3.05, 3.63) is 69.2 Å². The molecule has 1 amide bonds. The van der Waals surface area contributed by atoms with Crippen LogP contribution in [0, 0.1) is 5.92 Å². The minimum Gasteiger partial charge on any atom is -0.426 e. The topological polar surface area (TPSA) is 51.1 Å². The number of benzene rings is 2. The van der Waals surface area contributed by atoms with Crippen LogP contribution in [0.3, 0.4) is 0 Å². The summed E-state index contributed by atoms with van der Waals surface area (Å²) in [4.78, 5) is 19.1. The van der Waals surface area contributed by atoms with Crippen molar-refractivity contribution in [2.24, 2.45) is 11.1 Å². The van der Waals surface area contributed by atoms with Crippen molar-refractivity contribution >= 4 is 35.0 Å². The molecule has 2 aromatic carbocycles. The minimum absolute atomic E-state index is 0.0360. The third kappa shape index (κ3) is 3.74. The van der Waals surface area contributed by atoms with E-state index in [2.05, 4.69) is 5.16 Å². The van der Waals surface area contributed by atoms with E-state index in [1.54, 1.807) is 49.4 Å². The fourth-order valence-corrected chi connectivity index (χ4v) is 4.09. The smallest absolute Gasteiger partial charge is 0.301 e. The van der Waals surface area contributed by atoms with Gasteiger partial charge in [0.2, 0.25) is 5.91 Å². The Balaban J connectivity index is 1.46. The van der Waals surface area contributed by atoms with Gasteiger partial charge in [0.25, 0.3) is 5.90 Å². The lowest BCUT2D eigenvalue weighted by Crippen LogP contribution is -2.59. The van der Waals surface area contributed by atoms with Gasteiger partial charge >= 0.3 is 5.79 Å². The highest BCUT2D eigenvalue weighted by Gasteiger charge is 2.47. The van der Waals surface area contributed by atoms with Gasteiger partial charge in [0.15, 0.2) is 5.67 Å². The van der Waals surface area contributed by atoms with Gasteiger partial charge in [0.1, 0.15) is 0 Å². The highest BCUT2D eigenvalue weighted by atomic mass is 35.5. The number of halogens is 3. The molecule has 0 radical (unpaired) electrons. The first-order valence-corrected chi connectivity index (χ1v) is 10.4. The standard InChI is InChI=1S/C22H21Cl2FN2O3/c1-13(2)20(28)27-11-22(25,12-27)15-6-4-14(5-7-15)19-26-30-21(3,29-19)16-8-17(23)10-18(24)9-16/h4-10,13H,11-12H2,1-3H3. The third-order valence-electron chi connectivity index (χ3n) is 5.32. The van der Waals surface area contributed by atoms with Crippen molar-refractivity contribution in [3.63, 3.8) is 0 Å². The van der Waals surface area contributed by atoms with Crippen LogP contribution in [0.2, 0.25) is 10.0 Å². The van der Waals surface area contributed by atoms with E-state index in [1.165, 1.54) is 4.90 Å². The van der Waals surface area contributed by atoms with E-state index in [0.29, 0.717) is 26.7 Å². The molecule has 0 N–H and O–H groups in total. The Morgan fingerprint density at radius 1 is 1.10 bits per heavy atom. The van der Waals surface area contributed by atoms with Gasteiger partial charge in [0, 0.05) is 34.0 Å². The third-order valence-corrected chi connectivity index (χ3v) is 5.76. The molecule has 158 valence electrons. The summed E-state index contributed by atoms with van der Waals surface area (Å²) in [6.45, 7) is 5.47. The molecule has 4 rings (SSSR count). The molecule has 0 saturated carbocycles. The van der Waals surface area contributed by atoms with Gasteiger partial charge in [-0.15, -0.1) is 0 Å². The van der Waals surface area contributed by atoms with Gasteiger partial charge in [-0.25, -0.2) is 4.39 Å². The van der Waals surface area contributed by atoms with E-state index in [0.717, 1.165) is 0 Å². The van der Waals surface area contributed by atoms with Crippen LogP contribution < -0.4 is 0 Å². The predicted octanol–water partition coefficient (Wildman–Crippen LogP) is 5.24. The first-order chi connectivity index (χ1) is 14.1. The number of rotatable bonds is 4. The molecule has 1 unspecified atom stereocenters. The highest BCUT2D eigenvalue weighted by Crippen LogP contribution is 2.38. The molecule has 2 aliphatic rings. The molecule has 0 aromatic heterocycles. The molecule has 5 nitrogen and oxygen atoms in total. The van der Waals surface area contributed by atoms with E-state index < -0.39 is 11.5 Å².